The number of benzene rings is 3. The number of carbonyl (C=O) groups is 4. The zero-order chi connectivity index (χ0) is 44.7. The minimum atomic E-state index is -1.81. The lowest BCUT2D eigenvalue weighted by atomic mass is 9.74. The molecule has 332 valence electrons. The Labute approximate surface area is 369 Å². The molecule has 3 N–H and O–H groups in total. The van der Waals surface area contributed by atoms with Crippen LogP contribution in [0.2, 0.25) is 0 Å². The number of ether oxygens (including phenoxy) is 1. The number of amides is 3. The first kappa shape index (κ1) is 46.5. The molecule has 6 rings (SSSR count). The van der Waals surface area contributed by atoms with E-state index in [4.69, 9.17) is 13.9 Å². The fraction of sp³-hybridized carbons (Fsp3) is 0.460. The van der Waals surface area contributed by atoms with Crippen molar-refractivity contribution in [1.82, 2.24) is 26.1 Å². The minimum Gasteiger partial charge on any atom is -0.455 e. The first-order valence-corrected chi connectivity index (χ1v) is 23.6. The highest BCUT2D eigenvalue weighted by molar-refractivity contribution is 8.31. The molecule has 12 heteroatoms. The molecule has 2 aliphatic rings. The Morgan fingerprint density at radius 1 is 0.903 bits per heavy atom. The van der Waals surface area contributed by atoms with Gasteiger partial charge in [-0.05, 0) is 126 Å². The predicted molar refractivity (Wildman–Crippen MR) is 247 cm³/mol. The summed E-state index contributed by atoms with van der Waals surface area (Å²) >= 11 is 0. The predicted octanol–water partition coefficient (Wildman–Crippen LogP) is 9.22. The van der Waals surface area contributed by atoms with E-state index in [0.29, 0.717) is 31.5 Å². The second-order valence-electron chi connectivity index (χ2n) is 18.4. The van der Waals surface area contributed by atoms with Crippen LogP contribution >= 0.6 is 10.3 Å². The normalized spacial score (nSPS) is 21.5. The molecule has 11 nitrogen and oxygen atoms in total. The molecule has 1 aromatic heterocycles. The number of carbonyl (C=O) groups excluding carboxylic acids is 4. The molecule has 0 radical (unpaired) electrons. The van der Waals surface area contributed by atoms with E-state index in [9.17, 15) is 19.2 Å². The molecule has 0 spiro atoms. The van der Waals surface area contributed by atoms with E-state index >= 15 is 0 Å². The van der Waals surface area contributed by atoms with E-state index in [1.54, 1.807) is 27.7 Å². The van der Waals surface area contributed by atoms with Crippen LogP contribution in [0.1, 0.15) is 111 Å². The summed E-state index contributed by atoms with van der Waals surface area (Å²) in [6, 6.07) is 29.3. The molecule has 1 saturated carbocycles. The SMILES string of the molecule is CC(NC(=O)C(NC=O)C(C)C)C(=O)N1CCCC(C(=O)O[C@H](C)c2ccc3ccc(/C=C/C4(C)CCC(OS(c5ccccc5)(c5ccccc5)C(C)(C)C)CC4)cc3n2)N1. The maximum Gasteiger partial charge on any atom is 0.325 e. The quantitative estimate of drug-likeness (QED) is 0.0795. The molecule has 4 atom stereocenters. The van der Waals surface area contributed by atoms with Gasteiger partial charge in [-0.2, -0.15) is 0 Å². The van der Waals surface area contributed by atoms with Crippen molar-refractivity contribution in [3.8, 4) is 0 Å². The average molecular weight is 864 g/mol. The number of esters is 1. The van der Waals surface area contributed by atoms with Gasteiger partial charge in [-0.25, -0.2) is 10.4 Å². The number of hydrogen-bond donors (Lipinski definition) is 3. The van der Waals surface area contributed by atoms with Gasteiger partial charge in [0.25, 0.3) is 5.91 Å². The highest BCUT2D eigenvalue weighted by Gasteiger charge is 2.44. The van der Waals surface area contributed by atoms with Crippen LogP contribution < -0.4 is 16.1 Å². The van der Waals surface area contributed by atoms with Crippen molar-refractivity contribution in [3.63, 3.8) is 0 Å². The Morgan fingerprint density at radius 2 is 1.53 bits per heavy atom. The van der Waals surface area contributed by atoms with E-state index in [1.165, 1.54) is 14.8 Å². The zero-order valence-corrected chi connectivity index (χ0v) is 38.4. The van der Waals surface area contributed by atoms with Crippen LogP contribution in [0.5, 0.6) is 0 Å². The summed E-state index contributed by atoms with van der Waals surface area (Å²) < 4.78 is 13.2. The summed E-state index contributed by atoms with van der Waals surface area (Å²) in [6.07, 6.45) is 9.62. The van der Waals surface area contributed by atoms with Crippen LogP contribution in [0.3, 0.4) is 0 Å². The lowest BCUT2D eigenvalue weighted by molar-refractivity contribution is -0.157. The maximum atomic E-state index is 13.4. The number of hydrazine groups is 1. The molecular formula is C50H65N5O6S. The summed E-state index contributed by atoms with van der Waals surface area (Å²) in [5.41, 5.74) is 5.52. The van der Waals surface area contributed by atoms with Crippen LogP contribution in [-0.4, -0.2) is 69.7 Å². The molecule has 1 saturated heterocycles. The largest absolute Gasteiger partial charge is 0.455 e. The third-order valence-corrected chi connectivity index (χ3v) is 16.3. The van der Waals surface area contributed by atoms with Gasteiger partial charge in [-0.3, -0.25) is 24.2 Å². The van der Waals surface area contributed by atoms with Gasteiger partial charge in [-0.1, -0.05) is 97.8 Å². The lowest BCUT2D eigenvalue weighted by Crippen LogP contribution is -2.60. The molecule has 62 heavy (non-hydrogen) atoms. The summed E-state index contributed by atoms with van der Waals surface area (Å²) in [7, 11) is -1.81. The van der Waals surface area contributed by atoms with Crippen molar-refractivity contribution in [2.75, 3.05) is 6.54 Å². The van der Waals surface area contributed by atoms with Crippen molar-refractivity contribution >= 4 is 51.5 Å². The van der Waals surface area contributed by atoms with E-state index in [2.05, 4.69) is 135 Å². The van der Waals surface area contributed by atoms with Crippen molar-refractivity contribution in [1.29, 1.82) is 0 Å². The first-order valence-electron chi connectivity index (χ1n) is 22.0. The van der Waals surface area contributed by atoms with Gasteiger partial charge in [-0.15, -0.1) is 0 Å². The van der Waals surface area contributed by atoms with E-state index in [1.807, 2.05) is 12.1 Å². The number of nitrogens with one attached hydrogen (secondary N) is 3. The Morgan fingerprint density at radius 3 is 2.13 bits per heavy atom. The van der Waals surface area contributed by atoms with Gasteiger partial charge in [0.05, 0.1) is 17.3 Å². The second kappa shape index (κ2) is 20.0. The van der Waals surface area contributed by atoms with Gasteiger partial charge >= 0.3 is 5.97 Å². The van der Waals surface area contributed by atoms with Crippen LogP contribution in [0, 0.1) is 11.3 Å². The maximum absolute atomic E-state index is 13.4. The van der Waals surface area contributed by atoms with Gasteiger partial charge in [0.15, 0.2) is 0 Å². The molecule has 1 aliphatic heterocycles. The molecule has 2 fully saturated rings. The molecular weight excluding hydrogens is 799 g/mol. The summed E-state index contributed by atoms with van der Waals surface area (Å²) in [5, 5.41) is 7.54. The van der Waals surface area contributed by atoms with E-state index in [0.717, 1.165) is 42.1 Å². The third-order valence-electron chi connectivity index (χ3n) is 12.2. The fourth-order valence-electron chi connectivity index (χ4n) is 8.49. The highest BCUT2D eigenvalue weighted by Crippen LogP contribution is 2.72. The standard InChI is InChI=1S/C50H65N5O6S/c1-34(2)45(51-33-56)46(57)52-35(3)47(58)55-31-15-20-43(54-55)48(59)60-36(4)42-24-23-38-22-21-37(32-44(38)53-42)25-28-50(8)29-26-39(27-30-50)61-62(49(5,6)7,40-16-11-9-12-17-40)41-18-13-10-14-19-41/h9-14,16-19,21-25,28,32-36,39,43,45,54H,15,20,26-27,29-31H2,1-8H3,(H,51,56)(H,52,57)/b28-25+/t35?,36-,39?,43?,45?,50?/m1/s1. The van der Waals surface area contributed by atoms with Crippen molar-refractivity contribution in [2.45, 2.75) is 139 Å². The Bertz CT molecular complexity index is 2160. The first-order chi connectivity index (χ1) is 29.5. The molecule has 4 aromatic rings. The van der Waals surface area contributed by atoms with Gasteiger partial charge in [0, 0.05) is 26.5 Å². The molecule has 2 heterocycles. The zero-order valence-electron chi connectivity index (χ0n) is 37.6. The van der Waals surface area contributed by atoms with Gasteiger partial charge in [0.2, 0.25) is 12.3 Å². The molecule has 0 bridgehead atoms. The monoisotopic (exact) mass is 863 g/mol. The summed E-state index contributed by atoms with van der Waals surface area (Å²) in [4.78, 5) is 57.8. The van der Waals surface area contributed by atoms with Crippen molar-refractivity contribution in [2.24, 2.45) is 11.3 Å². The van der Waals surface area contributed by atoms with Gasteiger partial charge < -0.3 is 19.6 Å². The third kappa shape index (κ3) is 10.8. The second-order valence-corrected chi connectivity index (χ2v) is 21.9. The van der Waals surface area contributed by atoms with Crippen LogP contribution in [0.15, 0.2) is 107 Å². The van der Waals surface area contributed by atoms with E-state index in [-0.39, 0.29) is 28.1 Å². The molecule has 1 aliphatic carbocycles. The molecule has 3 aromatic carbocycles. The Kier molecular flexibility index (Phi) is 15.0. The highest BCUT2D eigenvalue weighted by atomic mass is 32.3. The van der Waals surface area contributed by atoms with E-state index < -0.39 is 46.4 Å². The van der Waals surface area contributed by atoms with Crippen molar-refractivity contribution in [3.05, 3.63) is 108 Å². The lowest BCUT2D eigenvalue weighted by Gasteiger charge is -2.53. The minimum absolute atomic E-state index is 0.0245. The molecule has 3 unspecified atom stereocenters. The summed E-state index contributed by atoms with van der Waals surface area (Å²) in [6.45, 7) is 16.6. The van der Waals surface area contributed by atoms with Crippen LogP contribution in [-0.2, 0) is 28.1 Å². The number of hydrogen-bond acceptors (Lipinski definition) is 8. The number of aromatic nitrogens is 1. The Balaban J connectivity index is 1.07. The Hall–Kier alpha value is -5.04. The smallest absolute Gasteiger partial charge is 0.325 e. The van der Waals surface area contributed by atoms with Gasteiger partial charge in [0.1, 0.15) is 24.2 Å². The molecule has 3 amide bonds. The number of fused-ring (bicyclic) bond motifs is 1. The van der Waals surface area contributed by atoms with Crippen LogP contribution in [0.4, 0.5) is 0 Å². The van der Waals surface area contributed by atoms with Crippen LogP contribution in [0.25, 0.3) is 17.0 Å². The number of allylic oxidation sites excluding steroid dienone is 1. The number of nitrogens with zero attached hydrogens (tertiary/aromatic N) is 2. The van der Waals surface area contributed by atoms with Crippen molar-refractivity contribution < 1.29 is 28.1 Å². The topological polar surface area (TPSA) is 139 Å². The number of pyridine rings is 1. The summed E-state index contributed by atoms with van der Waals surface area (Å²) in [5.74, 6) is -1.49. The fourth-order valence-corrected chi connectivity index (χ4v) is 12.4. The number of rotatable bonds is 15. The average Bonchev–Trinajstić information content (AvgIpc) is 3.26.